The molecule has 0 unspecified atom stereocenters. The number of benzene rings is 1. The lowest BCUT2D eigenvalue weighted by Crippen LogP contribution is -2.46. The molecule has 0 saturated carbocycles. The third kappa shape index (κ3) is 6.36. The molecule has 0 radical (unpaired) electrons. The van der Waals surface area contributed by atoms with Crippen molar-refractivity contribution >= 4 is 42.8 Å². The molecule has 1 amide bonds. The first-order valence-electron chi connectivity index (χ1n) is 9.08. The fraction of sp³-hybridized carbons (Fsp3) is 0.474. The van der Waals surface area contributed by atoms with Crippen molar-refractivity contribution in [1.29, 1.82) is 0 Å². The van der Waals surface area contributed by atoms with Crippen molar-refractivity contribution in [3.05, 3.63) is 35.1 Å². The van der Waals surface area contributed by atoms with Gasteiger partial charge in [-0.05, 0) is 49.7 Å². The Morgan fingerprint density at radius 1 is 1.34 bits per heavy atom. The summed E-state index contributed by atoms with van der Waals surface area (Å²) in [6, 6.07) is 4.33. The minimum absolute atomic E-state index is 0.0342. The van der Waals surface area contributed by atoms with Gasteiger partial charge in [0.05, 0.1) is 11.5 Å². The molecule has 0 spiro atoms. The molecule has 0 fully saturated rings. The van der Waals surface area contributed by atoms with Crippen molar-refractivity contribution in [2.45, 2.75) is 44.2 Å². The normalized spacial score (nSPS) is 13.3. The van der Waals surface area contributed by atoms with Crippen molar-refractivity contribution in [1.82, 2.24) is 14.6 Å². The zero-order chi connectivity index (χ0) is 21.8. The van der Waals surface area contributed by atoms with Gasteiger partial charge in [-0.15, -0.1) is 0 Å². The number of aromatic nitrogens is 1. The first-order chi connectivity index (χ1) is 13.4. The van der Waals surface area contributed by atoms with E-state index >= 15 is 0 Å². The van der Waals surface area contributed by atoms with E-state index in [1.807, 2.05) is 0 Å². The van der Waals surface area contributed by atoms with Crippen molar-refractivity contribution < 1.29 is 23.1 Å². The smallest absolute Gasteiger partial charge is 0.410 e. The van der Waals surface area contributed by atoms with Crippen LogP contribution in [0.4, 0.5) is 4.79 Å². The highest BCUT2D eigenvalue weighted by Crippen LogP contribution is 2.29. The first-order valence-corrected chi connectivity index (χ1v) is 11.4. The lowest BCUT2D eigenvalue weighted by molar-refractivity contribution is 0.0207. The van der Waals surface area contributed by atoms with E-state index in [4.69, 9.17) is 4.74 Å². The minimum atomic E-state index is -3.88. The van der Waals surface area contributed by atoms with E-state index in [2.05, 4.69) is 25.6 Å². The summed E-state index contributed by atoms with van der Waals surface area (Å²) in [5.74, 6) is 0. The molecule has 29 heavy (non-hydrogen) atoms. The van der Waals surface area contributed by atoms with Crippen LogP contribution in [0.15, 0.2) is 40.0 Å². The molecule has 8 nitrogen and oxygen atoms in total. The summed E-state index contributed by atoms with van der Waals surface area (Å²) in [5.41, 5.74) is -0.698. The third-order valence-electron chi connectivity index (χ3n) is 3.86. The van der Waals surface area contributed by atoms with Gasteiger partial charge in [0, 0.05) is 46.8 Å². The maximum Gasteiger partial charge on any atom is 0.410 e. The number of amides is 1. The van der Waals surface area contributed by atoms with Gasteiger partial charge in [0.1, 0.15) is 5.60 Å². The van der Waals surface area contributed by atoms with Crippen LogP contribution < -0.4 is 4.72 Å². The summed E-state index contributed by atoms with van der Waals surface area (Å²) in [6.07, 6.45) is 2.51. The predicted octanol–water partition coefficient (Wildman–Crippen LogP) is 2.89. The number of aliphatic hydroxyl groups excluding tert-OH is 1. The number of ether oxygens (including phenoxy) is 1. The molecular weight excluding hydrogens is 462 g/mol. The molecule has 2 N–H and O–H groups in total. The Hall–Kier alpha value is -1.75. The quantitative estimate of drug-likeness (QED) is 0.621. The van der Waals surface area contributed by atoms with E-state index in [1.165, 1.54) is 17.2 Å². The zero-order valence-corrected chi connectivity index (χ0v) is 19.2. The molecule has 1 aromatic carbocycles. The first kappa shape index (κ1) is 23.5. The fourth-order valence-corrected chi connectivity index (χ4v) is 4.96. The molecule has 1 atom stereocenters. The molecule has 1 heterocycles. The summed E-state index contributed by atoms with van der Waals surface area (Å²) in [5, 5.41) is 10.5. The second-order valence-corrected chi connectivity index (χ2v) is 10.2. The average molecular weight is 488 g/mol. The van der Waals surface area contributed by atoms with Gasteiger partial charge in [0.25, 0.3) is 0 Å². The molecule has 0 bridgehead atoms. The Labute approximate surface area is 179 Å². The van der Waals surface area contributed by atoms with Gasteiger partial charge < -0.3 is 14.7 Å². The summed E-state index contributed by atoms with van der Waals surface area (Å²) < 4.78 is 34.5. The average Bonchev–Trinajstić information content (AvgIpc) is 2.59. The lowest BCUT2D eigenvalue weighted by Gasteiger charge is -2.29. The fourth-order valence-electron chi connectivity index (χ4n) is 2.78. The largest absolute Gasteiger partial charge is 0.444 e. The number of hydrogen-bond acceptors (Lipinski definition) is 6. The van der Waals surface area contributed by atoms with Crippen molar-refractivity contribution in [2.75, 3.05) is 19.7 Å². The van der Waals surface area contributed by atoms with Crippen LogP contribution in [0.25, 0.3) is 10.8 Å². The second kappa shape index (κ2) is 9.38. The van der Waals surface area contributed by atoms with Crippen molar-refractivity contribution in [3.63, 3.8) is 0 Å². The Balaban J connectivity index is 2.22. The molecule has 0 aliphatic carbocycles. The number of sulfonamides is 1. The monoisotopic (exact) mass is 487 g/mol. The van der Waals surface area contributed by atoms with E-state index < -0.39 is 27.8 Å². The number of carbonyl (C=O) groups excluding carboxylic acids is 1. The highest BCUT2D eigenvalue weighted by atomic mass is 79.9. The number of nitrogens with one attached hydrogen (secondary N) is 1. The molecule has 0 aliphatic rings. The Morgan fingerprint density at radius 3 is 2.66 bits per heavy atom. The number of pyridine rings is 1. The van der Waals surface area contributed by atoms with Crippen LogP contribution in [0, 0.1) is 0 Å². The van der Waals surface area contributed by atoms with Crippen molar-refractivity contribution in [3.8, 4) is 0 Å². The highest BCUT2D eigenvalue weighted by Gasteiger charge is 2.26. The number of hydrogen-bond donors (Lipinski definition) is 2. The number of halogens is 1. The molecule has 2 rings (SSSR count). The van der Waals surface area contributed by atoms with Crippen LogP contribution in [0.1, 0.15) is 27.7 Å². The summed E-state index contributed by atoms with van der Waals surface area (Å²) in [4.78, 5) is 17.8. The van der Waals surface area contributed by atoms with E-state index in [0.29, 0.717) is 15.2 Å². The Morgan fingerprint density at radius 2 is 2.03 bits per heavy atom. The number of rotatable bonds is 7. The maximum absolute atomic E-state index is 13.0. The molecule has 1 aromatic heterocycles. The zero-order valence-electron chi connectivity index (χ0n) is 16.8. The third-order valence-corrected chi connectivity index (χ3v) is 6.09. The van der Waals surface area contributed by atoms with Gasteiger partial charge in [-0.3, -0.25) is 4.98 Å². The molecule has 2 aromatic rings. The maximum atomic E-state index is 13.0. The molecule has 0 aliphatic heterocycles. The Kier molecular flexibility index (Phi) is 7.61. The molecule has 0 saturated heterocycles. The topological polar surface area (TPSA) is 109 Å². The van der Waals surface area contributed by atoms with E-state index in [9.17, 15) is 18.3 Å². The van der Waals surface area contributed by atoms with Crippen LogP contribution in [-0.2, 0) is 14.8 Å². The van der Waals surface area contributed by atoms with Gasteiger partial charge in [-0.1, -0.05) is 12.1 Å². The predicted molar refractivity (Wildman–Crippen MR) is 114 cm³/mol. The van der Waals surface area contributed by atoms with Crippen LogP contribution in [0.2, 0.25) is 0 Å². The van der Waals surface area contributed by atoms with Gasteiger partial charge in [-0.25, -0.2) is 17.9 Å². The van der Waals surface area contributed by atoms with Gasteiger partial charge in [-0.2, -0.15) is 0 Å². The number of carbonyl (C=O) groups is 1. The Bertz CT molecular complexity index is 970. The molecule has 10 heteroatoms. The van der Waals surface area contributed by atoms with E-state index in [0.717, 1.165) is 0 Å². The number of fused-ring (bicyclic) bond motifs is 1. The van der Waals surface area contributed by atoms with Crippen LogP contribution >= 0.6 is 15.9 Å². The molecular formula is C19H26BrN3O5S. The highest BCUT2D eigenvalue weighted by molar-refractivity contribution is 9.10. The second-order valence-electron chi connectivity index (χ2n) is 7.65. The summed E-state index contributed by atoms with van der Waals surface area (Å²) in [6.45, 7) is 6.68. The SMILES string of the molecule is C[C@@H](CN(CCO)C(=O)OC(C)(C)C)NS(=O)(=O)c1cccc2cncc(Br)c12. The van der Waals surface area contributed by atoms with Gasteiger partial charge in [0.15, 0.2) is 0 Å². The molecule has 160 valence electrons. The minimum Gasteiger partial charge on any atom is -0.444 e. The van der Waals surface area contributed by atoms with Crippen LogP contribution in [-0.4, -0.2) is 60.8 Å². The van der Waals surface area contributed by atoms with Crippen LogP contribution in [0.3, 0.4) is 0 Å². The van der Waals surface area contributed by atoms with Crippen molar-refractivity contribution in [2.24, 2.45) is 0 Å². The van der Waals surface area contributed by atoms with Gasteiger partial charge >= 0.3 is 6.09 Å². The standard InChI is InChI=1S/C19H26BrN3O5S/c1-13(12-23(8-9-24)18(25)28-19(2,3)4)22-29(26,27)16-7-5-6-14-10-21-11-15(20)17(14)16/h5-7,10-11,13,22,24H,8-9,12H2,1-4H3/t13-/m0/s1. The summed E-state index contributed by atoms with van der Waals surface area (Å²) in [7, 11) is -3.88. The van der Waals surface area contributed by atoms with Crippen LogP contribution in [0.5, 0.6) is 0 Å². The van der Waals surface area contributed by atoms with E-state index in [-0.39, 0.29) is 24.6 Å². The lowest BCUT2D eigenvalue weighted by atomic mass is 10.2. The van der Waals surface area contributed by atoms with E-state index in [1.54, 1.807) is 46.0 Å². The summed E-state index contributed by atoms with van der Waals surface area (Å²) >= 11 is 3.36. The number of aliphatic hydroxyl groups is 1. The number of nitrogens with zero attached hydrogens (tertiary/aromatic N) is 2. The van der Waals surface area contributed by atoms with Gasteiger partial charge in [0.2, 0.25) is 10.0 Å².